The minimum Gasteiger partial charge on any atom is -0.372 e. The average Bonchev–Trinajstić information content (AvgIpc) is 2.26. The number of nitrogens with two attached hydrogens (primary N) is 1. The number of anilines is 1. The zero-order chi connectivity index (χ0) is 11.4. The Morgan fingerprint density at radius 3 is 2.67 bits per heavy atom. The zero-order valence-corrected chi connectivity index (χ0v) is 11.2. The van der Waals surface area contributed by atoms with Gasteiger partial charge in [-0.3, -0.25) is 0 Å². The number of hydrogen-bond donors (Lipinski definition) is 1. The van der Waals surface area contributed by atoms with E-state index in [9.17, 15) is 0 Å². The SMILES string of the molecule is CCC(C)N(C)c1ccc(Br)cc1CN. The normalized spacial score (nSPS) is 12.6. The van der Waals surface area contributed by atoms with Gasteiger partial charge in [0.1, 0.15) is 0 Å². The lowest BCUT2D eigenvalue weighted by atomic mass is 10.1. The van der Waals surface area contributed by atoms with Gasteiger partial charge in [0.05, 0.1) is 0 Å². The van der Waals surface area contributed by atoms with Crippen LogP contribution in [-0.4, -0.2) is 13.1 Å². The molecule has 0 bridgehead atoms. The van der Waals surface area contributed by atoms with Crippen molar-refractivity contribution in [2.45, 2.75) is 32.9 Å². The maximum absolute atomic E-state index is 5.75. The average molecular weight is 271 g/mol. The highest BCUT2D eigenvalue weighted by Crippen LogP contribution is 2.25. The van der Waals surface area contributed by atoms with Crippen LogP contribution in [0.25, 0.3) is 0 Å². The van der Waals surface area contributed by atoms with Crippen LogP contribution in [0.1, 0.15) is 25.8 Å². The lowest BCUT2D eigenvalue weighted by molar-refractivity contribution is 0.661. The van der Waals surface area contributed by atoms with Crippen LogP contribution in [0.4, 0.5) is 5.69 Å². The molecule has 3 heteroatoms. The first-order chi connectivity index (χ1) is 7.10. The van der Waals surface area contributed by atoms with E-state index in [-0.39, 0.29) is 0 Å². The van der Waals surface area contributed by atoms with E-state index in [1.165, 1.54) is 11.3 Å². The number of nitrogens with zero attached hydrogens (tertiary/aromatic N) is 1. The lowest BCUT2D eigenvalue weighted by Gasteiger charge is -2.28. The largest absolute Gasteiger partial charge is 0.372 e. The van der Waals surface area contributed by atoms with Gasteiger partial charge in [0.25, 0.3) is 0 Å². The summed E-state index contributed by atoms with van der Waals surface area (Å²) in [5.74, 6) is 0. The predicted molar refractivity (Wildman–Crippen MR) is 70.2 cm³/mol. The fourth-order valence-electron chi connectivity index (χ4n) is 1.57. The minimum absolute atomic E-state index is 0.538. The zero-order valence-electron chi connectivity index (χ0n) is 9.63. The Labute approximate surface area is 101 Å². The molecule has 0 radical (unpaired) electrons. The monoisotopic (exact) mass is 270 g/mol. The smallest absolute Gasteiger partial charge is 0.0412 e. The van der Waals surface area contributed by atoms with E-state index in [1.807, 2.05) is 0 Å². The maximum Gasteiger partial charge on any atom is 0.0412 e. The third kappa shape index (κ3) is 2.95. The van der Waals surface area contributed by atoms with Crippen molar-refractivity contribution in [1.82, 2.24) is 0 Å². The van der Waals surface area contributed by atoms with Crippen molar-refractivity contribution in [2.75, 3.05) is 11.9 Å². The molecule has 0 amide bonds. The molecule has 0 aromatic heterocycles. The van der Waals surface area contributed by atoms with E-state index >= 15 is 0 Å². The van der Waals surface area contributed by atoms with Crippen LogP contribution in [0.5, 0.6) is 0 Å². The van der Waals surface area contributed by atoms with Crippen LogP contribution < -0.4 is 10.6 Å². The molecule has 84 valence electrons. The molecule has 2 N–H and O–H groups in total. The van der Waals surface area contributed by atoms with Crippen LogP contribution in [0, 0.1) is 0 Å². The van der Waals surface area contributed by atoms with Crippen LogP contribution in [0.15, 0.2) is 22.7 Å². The summed E-state index contributed by atoms with van der Waals surface area (Å²) in [5.41, 5.74) is 8.17. The quantitative estimate of drug-likeness (QED) is 0.911. The van der Waals surface area contributed by atoms with Gasteiger partial charge >= 0.3 is 0 Å². The number of benzene rings is 1. The highest BCUT2D eigenvalue weighted by Gasteiger charge is 2.11. The fraction of sp³-hybridized carbons (Fsp3) is 0.500. The molecular formula is C12H19BrN2. The summed E-state index contributed by atoms with van der Waals surface area (Å²) in [4.78, 5) is 2.29. The summed E-state index contributed by atoms with van der Waals surface area (Å²) in [7, 11) is 2.12. The Morgan fingerprint density at radius 2 is 2.13 bits per heavy atom. The summed E-state index contributed by atoms with van der Waals surface area (Å²) in [5, 5.41) is 0. The van der Waals surface area contributed by atoms with Crippen LogP contribution in [0.2, 0.25) is 0 Å². The van der Waals surface area contributed by atoms with Gasteiger partial charge in [-0.25, -0.2) is 0 Å². The van der Waals surface area contributed by atoms with E-state index in [4.69, 9.17) is 5.73 Å². The summed E-state index contributed by atoms with van der Waals surface area (Å²) in [6, 6.07) is 6.82. The molecule has 1 unspecified atom stereocenters. The van der Waals surface area contributed by atoms with Gasteiger partial charge in [0, 0.05) is 29.8 Å². The summed E-state index contributed by atoms with van der Waals surface area (Å²) in [6.45, 7) is 5.00. The predicted octanol–water partition coefficient (Wildman–Crippen LogP) is 3.14. The Bertz CT molecular complexity index is 325. The van der Waals surface area contributed by atoms with Crippen LogP contribution >= 0.6 is 15.9 Å². The molecule has 0 fully saturated rings. The molecule has 0 heterocycles. The molecule has 0 aliphatic heterocycles. The second kappa shape index (κ2) is 5.52. The number of rotatable bonds is 4. The molecule has 0 aliphatic rings. The van der Waals surface area contributed by atoms with Gasteiger partial charge in [-0.05, 0) is 37.1 Å². The van der Waals surface area contributed by atoms with E-state index in [0.29, 0.717) is 12.6 Å². The summed E-state index contributed by atoms with van der Waals surface area (Å²) in [6.07, 6.45) is 1.14. The lowest BCUT2D eigenvalue weighted by Crippen LogP contribution is -2.29. The molecule has 1 atom stereocenters. The molecule has 0 aliphatic carbocycles. The second-order valence-corrected chi connectivity index (χ2v) is 4.76. The molecule has 0 saturated heterocycles. The first-order valence-electron chi connectivity index (χ1n) is 5.31. The maximum atomic E-state index is 5.75. The van der Waals surface area contributed by atoms with E-state index in [0.717, 1.165) is 10.9 Å². The first kappa shape index (κ1) is 12.5. The van der Waals surface area contributed by atoms with Gasteiger partial charge in [-0.2, -0.15) is 0 Å². The summed E-state index contributed by atoms with van der Waals surface area (Å²) >= 11 is 3.47. The highest BCUT2D eigenvalue weighted by atomic mass is 79.9. The van der Waals surface area contributed by atoms with Crippen molar-refractivity contribution in [3.05, 3.63) is 28.2 Å². The molecule has 1 aromatic carbocycles. The topological polar surface area (TPSA) is 29.3 Å². The van der Waals surface area contributed by atoms with Crippen molar-refractivity contribution in [3.63, 3.8) is 0 Å². The second-order valence-electron chi connectivity index (χ2n) is 3.85. The third-order valence-electron chi connectivity index (χ3n) is 2.89. The van der Waals surface area contributed by atoms with Gasteiger partial charge in [0.15, 0.2) is 0 Å². The van der Waals surface area contributed by atoms with E-state index < -0.39 is 0 Å². The Balaban J connectivity index is 3.02. The number of hydrogen-bond acceptors (Lipinski definition) is 2. The standard InChI is InChI=1S/C12H19BrN2/c1-4-9(2)15(3)12-6-5-11(13)7-10(12)8-14/h5-7,9H,4,8,14H2,1-3H3. The first-order valence-corrected chi connectivity index (χ1v) is 6.10. The molecule has 1 rings (SSSR count). The van der Waals surface area contributed by atoms with Gasteiger partial charge in [-0.1, -0.05) is 22.9 Å². The van der Waals surface area contributed by atoms with E-state index in [2.05, 4.69) is 59.9 Å². The molecule has 2 nitrogen and oxygen atoms in total. The van der Waals surface area contributed by atoms with Crippen molar-refractivity contribution < 1.29 is 0 Å². The van der Waals surface area contributed by atoms with Crippen LogP contribution in [-0.2, 0) is 6.54 Å². The van der Waals surface area contributed by atoms with E-state index in [1.54, 1.807) is 0 Å². The van der Waals surface area contributed by atoms with Gasteiger partial charge in [-0.15, -0.1) is 0 Å². The van der Waals surface area contributed by atoms with Crippen molar-refractivity contribution >= 4 is 21.6 Å². The Morgan fingerprint density at radius 1 is 1.47 bits per heavy atom. The van der Waals surface area contributed by atoms with Crippen LogP contribution in [0.3, 0.4) is 0 Å². The van der Waals surface area contributed by atoms with Gasteiger partial charge in [0.2, 0.25) is 0 Å². The molecule has 0 spiro atoms. The molecule has 15 heavy (non-hydrogen) atoms. The molecule has 1 aromatic rings. The minimum atomic E-state index is 0.538. The fourth-order valence-corrected chi connectivity index (χ4v) is 1.98. The van der Waals surface area contributed by atoms with Gasteiger partial charge < -0.3 is 10.6 Å². The van der Waals surface area contributed by atoms with Crippen molar-refractivity contribution in [2.24, 2.45) is 5.73 Å². The third-order valence-corrected chi connectivity index (χ3v) is 3.39. The molecular weight excluding hydrogens is 252 g/mol. The Kier molecular flexibility index (Phi) is 4.61. The van der Waals surface area contributed by atoms with Crippen molar-refractivity contribution in [1.29, 1.82) is 0 Å². The molecule has 0 saturated carbocycles. The summed E-state index contributed by atoms with van der Waals surface area (Å²) < 4.78 is 1.09. The highest BCUT2D eigenvalue weighted by molar-refractivity contribution is 9.10. The Hall–Kier alpha value is -0.540. The van der Waals surface area contributed by atoms with Crippen molar-refractivity contribution in [3.8, 4) is 0 Å². The number of halogens is 1.